The molecule has 4 rings (SSSR count). The summed E-state index contributed by atoms with van der Waals surface area (Å²) in [6.45, 7) is 0. The third-order valence-corrected chi connectivity index (χ3v) is 4.62. The predicted molar refractivity (Wildman–Crippen MR) is 102 cm³/mol. The average Bonchev–Trinajstić information content (AvgIpc) is 3.26. The summed E-state index contributed by atoms with van der Waals surface area (Å²) in [6.07, 6.45) is 3.57. The summed E-state index contributed by atoms with van der Waals surface area (Å²) in [5.74, 6) is 0.556. The number of imidazole rings is 1. The second-order valence-corrected chi connectivity index (χ2v) is 6.56. The molecule has 0 radical (unpaired) electrons. The molecule has 0 bridgehead atoms. The zero-order valence-electron chi connectivity index (χ0n) is 14.1. The Morgan fingerprint density at radius 1 is 1.19 bits per heavy atom. The monoisotopic (exact) mass is 364 g/mol. The second-order valence-electron chi connectivity index (χ2n) is 6.12. The first-order valence-corrected chi connectivity index (χ1v) is 8.61. The van der Waals surface area contributed by atoms with Crippen LogP contribution in [0.2, 0.25) is 5.02 Å². The molecule has 0 aliphatic rings. The standard InChI is InChI=1S/C20H17ClN4O/c1-25-11-10-22-19(25)18(13-6-8-15(21)9-7-13)24-20(26)17-12-14-4-2-3-5-16(14)23-17/h2-12,18,23H,1H3,(H,24,26)/t18-/m1/s1. The van der Waals surface area contributed by atoms with Crippen LogP contribution in [0.4, 0.5) is 0 Å². The van der Waals surface area contributed by atoms with Crippen LogP contribution in [0, 0.1) is 0 Å². The van der Waals surface area contributed by atoms with Crippen molar-refractivity contribution >= 4 is 28.4 Å². The number of nitrogens with zero attached hydrogens (tertiary/aromatic N) is 2. The first kappa shape index (κ1) is 16.4. The largest absolute Gasteiger partial charge is 0.351 e. The summed E-state index contributed by atoms with van der Waals surface area (Å²) in [7, 11) is 1.90. The highest BCUT2D eigenvalue weighted by Gasteiger charge is 2.22. The Balaban J connectivity index is 1.69. The maximum atomic E-state index is 12.9. The smallest absolute Gasteiger partial charge is 0.268 e. The van der Waals surface area contributed by atoms with Gasteiger partial charge in [-0.15, -0.1) is 0 Å². The van der Waals surface area contributed by atoms with Crippen LogP contribution >= 0.6 is 11.6 Å². The number of fused-ring (bicyclic) bond motifs is 1. The molecule has 0 saturated heterocycles. The van der Waals surface area contributed by atoms with Crippen molar-refractivity contribution in [3.05, 3.63) is 89.1 Å². The van der Waals surface area contributed by atoms with E-state index in [1.54, 1.807) is 6.20 Å². The summed E-state index contributed by atoms with van der Waals surface area (Å²) in [4.78, 5) is 20.4. The average molecular weight is 365 g/mol. The number of aromatic amines is 1. The SMILES string of the molecule is Cn1ccnc1[C@H](NC(=O)c1cc2ccccc2[nH]1)c1ccc(Cl)cc1. The summed E-state index contributed by atoms with van der Waals surface area (Å²) in [5, 5.41) is 4.72. The van der Waals surface area contributed by atoms with Crippen molar-refractivity contribution in [1.29, 1.82) is 0 Å². The van der Waals surface area contributed by atoms with E-state index in [1.165, 1.54) is 0 Å². The molecular formula is C20H17ClN4O. The molecule has 0 aliphatic heterocycles. The number of para-hydroxylation sites is 1. The maximum Gasteiger partial charge on any atom is 0.268 e. The Labute approximate surface area is 155 Å². The second kappa shape index (κ2) is 6.69. The van der Waals surface area contributed by atoms with Gasteiger partial charge in [0, 0.05) is 35.4 Å². The molecule has 0 fully saturated rings. The van der Waals surface area contributed by atoms with E-state index >= 15 is 0 Å². The molecular weight excluding hydrogens is 348 g/mol. The number of amides is 1. The molecule has 4 aromatic rings. The number of aromatic nitrogens is 3. The van der Waals surface area contributed by atoms with Crippen LogP contribution < -0.4 is 5.32 Å². The van der Waals surface area contributed by atoms with Crippen molar-refractivity contribution in [2.24, 2.45) is 7.05 Å². The number of hydrogen-bond donors (Lipinski definition) is 2. The minimum Gasteiger partial charge on any atom is -0.351 e. The molecule has 0 unspecified atom stereocenters. The predicted octanol–water partition coefficient (Wildman–Crippen LogP) is 4.07. The first-order valence-electron chi connectivity index (χ1n) is 8.23. The molecule has 26 heavy (non-hydrogen) atoms. The van der Waals surface area contributed by atoms with Crippen LogP contribution in [0.25, 0.3) is 10.9 Å². The molecule has 2 heterocycles. The number of nitrogens with one attached hydrogen (secondary N) is 2. The minimum absolute atomic E-state index is 0.191. The van der Waals surface area contributed by atoms with Gasteiger partial charge in [0.05, 0.1) is 0 Å². The lowest BCUT2D eigenvalue weighted by Gasteiger charge is -2.19. The van der Waals surface area contributed by atoms with E-state index in [-0.39, 0.29) is 11.9 Å². The molecule has 2 N–H and O–H groups in total. The van der Waals surface area contributed by atoms with Crippen molar-refractivity contribution in [3.8, 4) is 0 Å². The van der Waals surface area contributed by atoms with Crippen LogP contribution in [0.3, 0.4) is 0 Å². The molecule has 1 amide bonds. The summed E-state index contributed by atoms with van der Waals surface area (Å²) >= 11 is 6.01. The Kier molecular flexibility index (Phi) is 4.22. The van der Waals surface area contributed by atoms with E-state index in [0.29, 0.717) is 10.7 Å². The number of carbonyl (C=O) groups excluding carboxylic acids is 1. The third-order valence-electron chi connectivity index (χ3n) is 4.37. The number of carbonyl (C=O) groups is 1. The van der Waals surface area contributed by atoms with Crippen molar-refractivity contribution in [2.45, 2.75) is 6.04 Å². The molecule has 0 aliphatic carbocycles. The van der Waals surface area contributed by atoms with Gasteiger partial charge in [-0.05, 0) is 29.8 Å². The van der Waals surface area contributed by atoms with E-state index in [9.17, 15) is 4.79 Å². The van der Waals surface area contributed by atoms with E-state index in [1.807, 2.05) is 72.4 Å². The third kappa shape index (κ3) is 3.09. The van der Waals surface area contributed by atoms with E-state index in [4.69, 9.17) is 11.6 Å². The van der Waals surface area contributed by atoms with Gasteiger partial charge in [0.1, 0.15) is 17.6 Å². The van der Waals surface area contributed by atoms with Crippen LogP contribution in [0.15, 0.2) is 67.0 Å². The fraction of sp³-hybridized carbons (Fsp3) is 0.100. The maximum absolute atomic E-state index is 12.9. The molecule has 0 spiro atoms. The van der Waals surface area contributed by atoms with Crippen molar-refractivity contribution in [3.63, 3.8) is 0 Å². The van der Waals surface area contributed by atoms with Gasteiger partial charge in [-0.3, -0.25) is 4.79 Å². The highest BCUT2D eigenvalue weighted by molar-refractivity contribution is 6.30. The van der Waals surface area contributed by atoms with Gasteiger partial charge < -0.3 is 14.9 Å². The first-order chi connectivity index (χ1) is 12.6. The van der Waals surface area contributed by atoms with Crippen LogP contribution in [-0.4, -0.2) is 20.4 Å². The molecule has 1 atom stereocenters. The molecule has 2 aromatic heterocycles. The van der Waals surface area contributed by atoms with Gasteiger partial charge in [-0.2, -0.15) is 0 Å². The van der Waals surface area contributed by atoms with Gasteiger partial charge in [0.2, 0.25) is 0 Å². The number of benzene rings is 2. The fourth-order valence-electron chi connectivity index (χ4n) is 3.01. The van der Waals surface area contributed by atoms with E-state index in [2.05, 4.69) is 15.3 Å². The number of H-pyrrole nitrogens is 1. The number of halogens is 1. The molecule has 5 nitrogen and oxygen atoms in total. The lowest BCUT2D eigenvalue weighted by atomic mass is 10.1. The Bertz CT molecular complexity index is 1030. The molecule has 6 heteroatoms. The van der Waals surface area contributed by atoms with E-state index < -0.39 is 0 Å². The summed E-state index contributed by atoms with van der Waals surface area (Å²) in [5.41, 5.74) is 2.35. The quantitative estimate of drug-likeness (QED) is 0.573. The Morgan fingerprint density at radius 3 is 2.65 bits per heavy atom. The summed E-state index contributed by atoms with van der Waals surface area (Å²) in [6, 6.07) is 16.7. The zero-order valence-corrected chi connectivity index (χ0v) is 14.9. The number of rotatable bonds is 4. The van der Waals surface area contributed by atoms with Crippen LogP contribution in [-0.2, 0) is 7.05 Å². The van der Waals surface area contributed by atoms with Crippen LogP contribution in [0.5, 0.6) is 0 Å². The fourth-order valence-corrected chi connectivity index (χ4v) is 3.14. The Hall–Kier alpha value is -3.05. The van der Waals surface area contributed by atoms with E-state index in [0.717, 1.165) is 22.3 Å². The van der Waals surface area contributed by atoms with Gasteiger partial charge in [-0.1, -0.05) is 41.9 Å². The zero-order chi connectivity index (χ0) is 18.1. The Morgan fingerprint density at radius 2 is 1.96 bits per heavy atom. The summed E-state index contributed by atoms with van der Waals surface area (Å²) < 4.78 is 1.89. The number of hydrogen-bond acceptors (Lipinski definition) is 2. The highest BCUT2D eigenvalue weighted by Crippen LogP contribution is 2.23. The topological polar surface area (TPSA) is 62.7 Å². The molecule has 0 saturated carbocycles. The normalized spacial score (nSPS) is 12.2. The van der Waals surface area contributed by atoms with Gasteiger partial charge in [0.15, 0.2) is 0 Å². The van der Waals surface area contributed by atoms with Crippen molar-refractivity contribution < 1.29 is 4.79 Å². The van der Waals surface area contributed by atoms with Gasteiger partial charge >= 0.3 is 0 Å². The lowest BCUT2D eigenvalue weighted by Crippen LogP contribution is -2.31. The van der Waals surface area contributed by atoms with Gasteiger partial charge in [-0.25, -0.2) is 4.98 Å². The van der Waals surface area contributed by atoms with Crippen molar-refractivity contribution in [1.82, 2.24) is 19.9 Å². The highest BCUT2D eigenvalue weighted by atomic mass is 35.5. The molecule has 2 aromatic carbocycles. The van der Waals surface area contributed by atoms with Crippen molar-refractivity contribution in [2.75, 3.05) is 0 Å². The minimum atomic E-state index is -0.383. The number of aryl methyl sites for hydroxylation is 1. The molecule has 130 valence electrons. The van der Waals surface area contributed by atoms with Gasteiger partial charge in [0.25, 0.3) is 5.91 Å². The lowest BCUT2D eigenvalue weighted by molar-refractivity contribution is 0.0937. The van der Waals surface area contributed by atoms with Crippen LogP contribution in [0.1, 0.15) is 27.9 Å².